The van der Waals surface area contributed by atoms with Gasteiger partial charge in [-0.3, -0.25) is 4.79 Å². The number of aliphatic hydroxyl groups is 12. The highest BCUT2D eigenvalue weighted by molar-refractivity contribution is 5.89. The highest BCUT2D eigenvalue weighted by atomic mass is 16.7. The van der Waals surface area contributed by atoms with Crippen LogP contribution in [0.2, 0.25) is 0 Å². The van der Waals surface area contributed by atoms with Gasteiger partial charge in [-0.15, -0.1) is 0 Å². The largest absolute Gasteiger partial charge is 0.507 e. The van der Waals surface area contributed by atoms with Crippen LogP contribution in [0, 0.1) is 0 Å². The van der Waals surface area contributed by atoms with Crippen molar-refractivity contribution in [3.05, 3.63) is 52.2 Å². The van der Waals surface area contributed by atoms with Crippen LogP contribution in [-0.2, 0) is 14.2 Å². The minimum Gasteiger partial charge on any atom is -0.507 e. The summed E-state index contributed by atoms with van der Waals surface area (Å²) in [5, 5.41) is 133. The van der Waals surface area contributed by atoms with Crippen LogP contribution in [0.15, 0.2) is 45.6 Å². The second-order valence-corrected chi connectivity index (χ2v) is 12.9. The van der Waals surface area contributed by atoms with Crippen molar-refractivity contribution >= 4 is 11.0 Å². The molecule has 0 aliphatic carbocycles. The molecule has 3 aromatic rings. The molecule has 1 aromatic heterocycles. The summed E-state index contributed by atoms with van der Waals surface area (Å²) in [4.78, 5) is 13.6. The van der Waals surface area contributed by atoms with Crippen molar-refractivity contribution in [1.82, 2.24) is 0 Å². The fourth-order valence-corrected chi connectivity index (χ4v) is 6.45. The maximum Gasteiger partial charge on any atom is 0.229 e. The average molecular weight is 757 g/mol. The predicted octanol–water partition coefficient (Wildman–Crippen LogP) is -4.96. The lowest BCUT2D eigenvalue weighted by Crippen LogP contribution is -2.60. The van der Waals surface area contributed by atoms with Gasteiger partial charge in [-0.25, -0.2) is 0 Å². The zero-order chi connectivity index (χ0) is 38.5. The lowest BCUT2D eigenvalue weighted by Gasteiger charge is -2.42. The Kier molecular flexibility index (Phi) is 11.6. The minimum absolute atomic E-state index is 0.0658. The Bertz CT molecular complexity index is 1780. The Morgan fingerprint density at radius 2 is 1.08 bits per heavy atom. The predicted molar refractivity (Wildman–Crippen MR) is 171 cm³/mol. The van der Waals surface area contributed by atoms with E-state index in [-0.39, 0.29) is 17.1 Å². The number of rotatable bonds is 9. The number of hydrogen-bond donors (Lipinski definition) is 13. The van der Waals surface area contributed by atoms with Gasteiger partial charge in [0.05, 0.1) is 25.4 Å². The maximum absolute atomic E-state index is 13.6. The molecular weight excluding hydrogens is 716 g/mol. The van der Waals surface area contributed by atoms with Crippen LogP contribution in [0.1, 0.15) is 11.7 Å². The Morgan fingerprint density at radius 1 is 0.585 bits per heavy atom. The third kappa shape index (κ3) is 7.21. The van der Waals surface area contributed by atoms with E-state index in [9.17, 15) is 71.2 Å². The van der Waals surface area contributed by atoms with E-state index >= 15 is 0 Å². The summed E-state index contributed by atoms with van der Waals surface area (Å²) in [6, 6.07) is 7.37. The van der Waals surface area contributed by atoms with Crippen molar-refractivity contribution in [1.29, 1.82) is 0 Å². The monoisotopic (exact) mass is 756 g/mol. The molecule has 0 saturated carbocycles. The number of hydrogen-bond acceptors (Lipinski definition) is 20. The van der Waals surface area contributed by atoms with E-state index in [1.165, 1.54) is 24.3 Å². The molecule has 0 bridgehead atoms. The van der Waals surface area contributed by atoms with Gasteiger partial charge >= 0.3 is 0 Å². The molecule has 292 valence electrons. The fourth-order valence-electron chi connectivity index (χ4n) is 6.45. The quantitative estimate of drug-likeness (QED) is 0.0972. The lowest BCUT2D eigenvalue weighted by molar-refractivity contribution is -0.278. The molecule has 3 aliphatic heterocycles. The maximum atomic E-state index is 13.6. The van der Waals surface area contributed by atoms with Crippen LogP contribution in [0.4, 0.5) is 0 Å². The van der Waals surface area contributed by atoms with Crippen LogP contribution in [0.25, 0.3) is 22.3 Å². The summed E-state index contributed by atoms with van der Waals surface area (Å²) >= 11 is 0. The van der Waals surface area contributed by atoms with Gasteiger partial charge in [0.2, 0.25) is 12.6 Å². The smallest absolute Gasteiger partial charge is 0.229 e. The molecule has 0 spiro atoms. The number of benzene rings is 2. The van der Waals surface area contributed by atoms with E-state index < -0.39 is 145 Å². The van der Waals surface area contributed by atoms with Gasteiger partial charge in [0.15, 0.2) is 11.0 Å². The van der Waals surface area contributed by atoms with Crippen LogP contribution in [-0.4, -0.2) is 172 Å². The molecule has 15 unspecified atom stereocenters. The number of ether oxygens (including phenoxy) is 5. The fraction of sp³-hybridized carbons (Fsp3) is 0.545. The van der Waals surface area contributed by atoms with Gasteiger partial charge in [-0.05, 0) is 24.3 Å². The number of phenols is 1. The lowest BCUT2D eigenvalue weighted by atomic mass is 9.89. The number of fused-ring (bicyclic) bond motifs is 1. The first-order valence-electron chi connectivity index (χ1n) is 16.4. The molecular formula is C33H40O20. The molecule has 20 heteroatoms. The third-order valence-electron chi connectivity index (χ3n) is 9.49. The van der Waals surface area contributed by atoms with Gasteiger partial charge < -0.3 is 94.5 Å². The molecule has 0 amide bonds. The van der Waals surface area contributed by atoms with E-state index in [1.807, 2.05) is 0 Å². The first-order valence-corrected chi connectivity index (χ1v) is 16.4. The highest BCUT2D eigenvalue weighted by Crippen LogP contribution is 2.45. The van der Waals surface area contributed by atoms with E-state index in [2.05, 4.69) is 0 Å². The topological polar surface area (TPSA) is 339 Å². The molecule has 3 aliphatic rings. The zero-order valence-electron chi connectivity index (χ0n) is 27.4. The molecule has 6 rings (SSSR count). The van der Waals surface area contributed by atoms with Gasteiger partial charge in [0, 0.05) is 17.7 Å². The molecule has 13 N–H and O–H groups in total. The Hall–Kier alpha value is -3.55. The van der Waals surface area contributed by atoms with Crippen LogP contribution in [0.3, 0.4) is 0 Å². The summed E-state index contributed by atoms with van der Waals surface area (Å²) in [6.45, 7) is -2.36. The molecule has 3 fully saturated rings. The number of aromatic hydroxyl groups is 1. The van der Waals surface area contributed by atoms with Crippen LogP contribution < -0.4 is 14.9 Å². The molecule has 20 nitrogen and oxygen atoms in total. The van der Waals surface area contributed by atoms with Gasteiger partial charge in [0.25, 0.3) is 0 Å². The van der Waals surface area contributed by atoms with E-state index in [4.69, 9.17) is 28.1 Å². The zero-order valence-corrected chi connectivity index (χ0v) is 27.4. The third-order valence-corrected chi connectivity index (χ3v) is 9.49. The summed E-state index contributed by atoms with van der Waals surface area (Å²) in [7, 11) is 0. The van der Waals surface area contributed by atoms with Crippen molar-refractivity contribution in [3.63, 3.8) is 0 Å². The molecule has 2 aromatic carbocycles. The van der Waals surface area contributed by atoms with Crippen molar-refractivity contribution in [2.24, 2.45) is 0 Å². The molecule has 0 radical (unpaired) electrons. The minimum atomic E-state index is -1.99. The Balaban J connectivity index is 1.42. The number of phenolic OH excluding ortho intramolecular Hbond substituents is 1. The first-order chi connectivity index (χ1) is 25.2. The standard InChI is InChI=1S/C33H40O20/c34-7-16-21(39)24(42)27(45)31(50-16)20-15(51-33-29(47)26(44)23(41)18(9-36)53-33)6-13(38)19-12(37)5-14(49-30(19)20)10-1-3-11(4-2-10)48-32-28(46)25(43)22(40)17(8-35)52-32/h1-6,16-18,21-29,31-36,38-47H,7-9H2. The summed E-state index contributed by atoms with van der Waals surface area (Å²) in [6.07, 6.45) is -25.6. The van der Waals surface area contributed by atoms with Crippen molar-refractivity contribution in [3.8, 4) is 28.6 Å². The van der Waals surface area contributed by atoms with Crippen molar-refractivity contribution in [2.75, 3.05) is 19.8 Å². The summed E-state index contributed by atoms with van der Waals surface area (Å²) < 4.78 is 34.1. The van der Waals surface area contributed by atoms with Gasteiger partial charge in [-0.1, -0.05) is 0 Å². The van der Waals surface area contributed by atoms with Gasteiger partial charge in [0.1, 0.15) is 108 Å². The van der Waals surface area contributed by atoms with E-state index in [0.717, 1.165) is 12.1 Å². The molecule has 3 saturated heterocycles. The van der Waals surface area contributed by atoms with E-state index in [0.29, 0.717) is 0 Å². The van der Waals surface area contributed by atoms with E-state index in [1.54, 1.807) is 0 Å². The second-order valence-electron chi connectivity index (χ2n) is 12.9. The molecule has 53 heavy (non-hydrogen) atoms. The Labute approximate surface area is 298 Å². The second kappa shape index (κ2) is 15.7. The Morgan fingerprint density at radius 3 is 1.60 bits per heavy atom. The summed E-state index contributed by atoms with van der Waals surface area (Å²) in [5.41, 5.74) is -1.54. The van der Waals surface area contributed by atoms with Crippen molar-refractivity contribution in [2.45, 2.75) is 91.9 Å². The normalized spacial score (nSPS) is 37.8. The molecule has 4 heterocycles. The SMILES string of the molecule is O=c1cc(-c2ccc(OC3OC(CO)C(O)C(O)C3O)cc2)oc2c(C3OC(CO)C(O)C(O)C3O)c(OC3OC(CO)C(O)C(O)C3O)cc(O)c12. The average Bonchev–Trinajstić information content (AvgIpc) is 3.15. The van der Waals surface area contributed by atoms with Crippen LogP contribution in [0.5, 0.6) is 17.2 Å². The first kappa shape index (κ1) is 39.2. The molecule has 15 atom stereocenters. The number of aliphatic hydroxyl groups excluding tert-OH is 12. The van der Waals surface area contributed by atoms with Crippen LogP contribution >= 0.6 is 0 Å². The van der Waals surface area contributed by atoms with Crippen molar-refractivity contribution < 1.29 is 94.5 Å². The highest BCUT2D eigenvalue weighted by Gasteiger charge is 2.49. The summed E-state index contributed by atoms with van der Waals surface area (Å²) in [5.74, 6) is -1.38. The van der Waals surface area contributed by atoms with Gasteiger partial charge in [-0.2, -0.15) is 0 Å².